The zero-order chi connectivity index (χ0) is 9.26. The molecular formula is C9H8N2OS. The summed E-state index contributed by atoms with van der Waals surface area (Å²) in [5.74, 6) is -0.225. The van der Waals surface area contributed by atoms with Gasteiger partial charge in [0, 0.05) is 12.6 Å². The van der Waals surface area contributed by atoms with E-state index in [9.17, 15) is 4.79 Å². The summed E-state index contributed by atoms with van der Waals surface area (Å²) in [4.78, 5) is 16.1. The van der Waals surface area contributed by atoms with Crippen LogP contribution in [0.5, 0.6) is 0 Å². The average molecular weight is 192 g/mol. The van der Waals surface area contributed by atoms with Gasteiger partial charge in [-0.2, -0.15) is 0 Å². The number of pyridine rings is 1. The van der Waals surface area contributed by atoms with Crippen molar-refractivity contribution in [2.24, 2.45) is 0 Å². The molecule has 66 valence electrons. The maximum atomic E-state index is 11.3. The first-order chi connectivity index (χ1) is 6.27. The smallest absolute Gasteiger partial charge is 0.234 e. The van der Waals surface area contributed by atoms with Gasteiger partial charge >= 0.3 is 0 Å². The number of nitrogens with one attached hydrogen (secondary N) is 1. The molecule has 2 rings (SSSR count). The van der Waals surface area contributed by atoms with E-state index in [1.54, 1.807) is 6.20 Å². The summed E-state index contributed by atoms with van der Waals surface area (Å²) in [6.45, 7) is 0. The van der Waals surface area contributed by atoms with Crippen LogP contribution in [0, 0.1) is 0 Å². The highest BCUT2D eigenvalue weighted by Gasteiger charge is 2.30. The standard InChI is InChI=1S/C9H8N2OS/c12-9-6(5-8(13)11-9)7-3-1-2-4-10-7/h1-4,6H,5H2,(H,11,12,13). The zero-order valence-corrected chi connectivity index (χ0v) is 7.67. The predicted octanol–water partition coefficient (Wildman–Crippen LogP) is 1.01. The molecule has 1 atom stereocenters. The minimum atomic E-state index is -0.186. The third-order valence-corrected chi connectivity index (χ3v) is 2.28. The third-order valence-electron chi connectivity index (χ3n) is 2.01. The second-order valence-corrected chi connectivity index (χ2v) is 3.42. The molecule has 1 fully saturated rings. The number of rotatable bonds is 1. The number of carbonyl (C=O) groups excluding carboxylic acids is 1. The average Bonchev–Trinajstić information content (AvgIpc) is 2.47. The van der Waals surface area contributed by atoms with Crippen LogP contribution in [0.25, 0.3) is 0 Å². The number of aromatic nitrogens is 1. The molecule has 1 aliphatic heterocycles. The van der Waals surface area contributed by atoms with Crippen molar-refractivity contribution >= 4 is 23.1 Å². The number of amides is 1. The number of nitrogens with zero attached hydrogens (tertiary/aromatic N) is 1. The minimum Gasteiger partial charge on any atom is -0.320 e. The summed E-state index contributed by atoms with van der Waals surface area (Å²) in [6, 6.07) is 5.55. The molecule has 1 unspecified atom stereocenters. The molecular weight excluding hydrogens is 184 g/mol. The molecule has 1 aromatic heterocycles. The molecule has 4 heteroatoms. The molecule has 3 nitrogen and oxygen atoms in total. The first-order valence-corrected chi connectivity index (χ1v) is 4.43. The zero-order valence-electron chi connectivity index (χ0n) is 6.86. The molecule has 0 saturated carbocycles. The normalized spacial score (nSPS) is 21.7. The van der Waals surface area contributed by atoms with E-state index in [4.69, 9.17) is 12.2 Å². The Labute approximate surface area is 81.2 Å². The molecule has 0 aromatic carbocycles. The molecule has 0 spiro atoms. The van der Waals surface area contributed by atoms with E-state index < -0.39 is 0 Å². The highest BCUT2D eigenvalue weighted by molar-refractivity contribution is 7.80. The summed E-state index contributed by atoms with van der Waals surface area (Å²) in [7, 11) is 0. The molecule has 0 bridgehead atoms. The Hall–Kier alpha value is -1.29. The Morgan fingerprint density at radius 1 is 1.54 bits per heavy atom. The molecule has 0 radical (unpaired) electrons. The fourth-order valence-corrected chi connectivity index (χ4v) is 1.64. The Balaban J connectivity index is 2.28. The Morgan fingerprint density at radius 3 is 2.92 bits per heavy atom. The number of carbonyl (C=O) groups is 1. The van der Waals surface area contributed by atoms with Crippen molar-refractivity contribution in [2.45, 2.75) is 12.3 Å². The van der Waals surface area contributed by atoms with E-state index >= 15 is 0 Å². The maximum Gasteiger partial charge on any atom is 0.234 e. The highest BCUT2D eigenvalue weighted by Crippen LogP contribution is 2.22. The minimum absolute atomic E-state index is 0.0382. The summed E-state index contributed by atoms with van der Waals surface area (Å²) in [5.41, 5.74) is 0.792. The van der Waals surface area contributed by atoms with Gasteiger partial charge in [-0.3, -0.25) is 9.78 Å². The van der Waals surface area contributed by atoms with E-state index in [1.807, 2.05) is 18.2 Å². The van der Waals surface area contributed by atoms with Gasteiger partial charge in [0.1, 0.15) is 0 Å². The van der Waals surface area contributed by atoms with Crippen molar-refractivity contribution in [2.75, 3.05) is 0 Å². The second kappa shape index (κ2) is 3.22. The van der Waals surface area contributed by atoms with Crippen LogP contribution in [-0.2, 0) is 4.79 Å². The first kappa shape index (κ1) is 8.31. The van der Waals surface area contributed by atoms with Crippen LogP contribution in [0.3, 0.4) is 0 Å². The van der Waals surface area contributed by atoms with Crippen molar-refractivity contribution in [3.63, 3.8) is 0 Å². The van der Waals surface area contributed by atoms with Crippen molar-refractivity contribution < 1.29 is 4.79 Å². The summed E-state index contributed by atoms with van der Waals surface area (Å²) < 4.78 is 0. The van der Waals surface area contributed by atoms with Gasteiger partial charge in [-0.15, -0.1) is 0 Å². The predicted molar refractivity (Wildman–Crippen MR) is 52.3 cm³/mol. The topological polar surface area (TPSA) is 42.0 Å². The summed E-state index contributed by atoms with van der Waals surface area (Å²) >= 11 is 4.91. The molecule has 1 aromatic rings. The van der Waals surface area contributed by atoms with Gasteiger partial charge in [0.25, 0.3) is 0 Å². The highest BCUT2D eigenvalue weighted by atomic mass is 32.1. The van der Waals surface area contributed by atoms with Gasteiger partial charge in [0.05, 0.1) is 16.6 Å². The molecule has 1 saturated heterocycles. The van der Waals surface area contributed by atoms with Gasteiger partial charge in [-0.25, -0.2) is 0 Å². The van der Waals surface area contributed by atoms with Crippen LogP contribution in [0.2, 0.25) is 0 Å². The Bertz CT molecular complexity index is 350. The number of hydrogen-bond donors (Lipinski definition) is 1. The van der Waals surface area contributed by atoms with E-state index in [-0.39, 0.29) is 11.8 Å². The third kappa shape index (κ3) is 1.58. The van der Waals surface area contributed by atoms with Crippen LogP contribution < -0.4 is 5.32 Å². The molecule has 2 heterocycles. The van der Waals surface area contributed by atoms with Gasteiger partial charge in [0.2, 0.25) is 5.91 Å². The van der Waals surface area contributed by atoms with Gasteiger partial charge in [-0.05, 0) is 12.1 Å². The van der Waals surface area contributed by atoms with E-state index in [2.05, 4.69) is 10.3 Å². The van der Waals surface area contributed by atoms with E-state index in [1.165, 1.54) is 0 Å². The first-order valence-electron chi connectivity index (χ1n) is 4.02. The van der Waals surface area contributed by atoms with Crippen LogP contribution in [0.15, 0.2) is 24.4 Å². The molecule has 13 heavy (non-hydrogen) atoms. The summed E-state index contributed by atoms with van der Waals surface area (Å²) in [5, 5.41) is 2.62. The van der Waals surface area contributed by atoms with Crippen molar-refractivity contribution in [3.05, 3.63) is 30.1 Å². The fraction of sp³-hybridized carbons (Fsp3) is 0.222. The van der Waals surface area contributed by atoms with E-state index in [0.717, 1.165) is 5.69 Å². The molecule has 1 aliphatic rings. The largest absolute Gasteiger partial charge is 0.320 e. The van der Waals surface area contributed by atoms with Crippen LogP contribution in [-0.4, -0.2) is 15.9 Å². The molecule has 1 amide bonds. The van der Waals surface area contributed by atoms with Crippen LogP contribution >= 0.6 is 12.2 Å². The van der Waals surface area contributed by atoms with Gasteiger partial charge < -0.3 is 5.32 Å². The lowest BCUT2D eigenvalue weighted by Crippen LogP contribution is -2.20. The van der Waals surface area contributed by atoms with Crippen LogP contribution in [0.4, 0.5) is 0 Å². The lowest BCUT2D eigenvalue weighted by Gasteiger charge is -2.03. The Morgan fingerprint density at radius 2 is 2.38 bits per heavy atom. The van der Waals surface area contributed by atoms with Crippen LogP contribution in [0.1, 0.15) is 18.0 Å². The molecule has 1 N–H and O–H groups in total. The van der Waals surface area contributed by atoms with E-state index in [0.29, 0.717) is 11.4 Å². The SMILES string of the molecule is O=C1NC(=S)CC1c1ccccn1. The monoisotopic (exact) mass is 192 g/mol. The van der Waals surface area contributed by atoms with Crippen molar-refractivity contribution in [1.82, 2.24) is 10.3 Å². The number of thiocarbonyl (C=S) groups is 1. The lowest BCUT2D eigenvalue weighted by atomic mass is 10.0. The van der Waals surface area contributed by atoms with Crippen molar-refractivity contribution in [3.8, 4) is 0 Å². The summed E-state index contributed by atoms with van der Waals surface area (Å²) in [6.07, 6.45) is 2.27. The lowest BCUT2D eigenvalue weighted by molar-refractivity contribution is -0.120. The Kier molecular flexibility index (Phi) is 2.06. The maximum absolute atomic E-state index is 11.3. The van der Waals surface area contributed by atoms with Gasteiger partial charge in [0.15, 0.2) is 0 Å². The van der Waals surface area contributed by atoms with Gasteiger partial charge in [-0.1, -0.05) is 18.3 Å². The second-order valence-electron chi connectivity index (χ2n) is 2.92. The quantitative estimate of drug-likeness (QED) is 0.675. The van der Waals surface area contributed by atoms with Crippen molar-refractivity contribution in [1.29, 1.82) is 0 Å². The fourth-order valence-electron chi connectivity index (χ4n) is 1.37. The molecule has 0 aliphatic carbocycles. The number of hydrogen-bond acceptors (Lipinski definition) is 3.